The lowest BCUT2D eigenvalue weighted by atomic mass is 10.1. The molecule has 3 heterocycles. The topological polar surface area (TPSA) is 99.8 Å². The highest BCUT2D eigenvalue weighted by atomic mass is 19.1. The van der Waals surface area contributed by atoms with Crippen molar-refractivity contribution in [1.82, 2.24) is 29.5 Å². The third-order valence-corrected chi connectivity index (χ3v) is 5.42. The molecule has 0 aliphatic rings. The van der Waals surface area contributed by atoms with Gasteiger partial charge >= 0.3 is 0 Å². The predicted octanol–water partition coefficient (Wildman–Crippen LogP) is 4.08. The van der Waals surface area contributed by atoms with Gasteiger partial charge in [0.25, 0.3) is 5.91 Å². The number of hydrogen-bond donors (Lipinski definition) is 1. The van der Waals surface area contributed by atoms with Crippen LogP contribution >= 0.6 is 0 Å². The Morgan fingerprint density at radius 3 is 2.69 bits per heavy atom. The van der Waals surface area contributed by atoms with Crippen LogP contribution in [0.4, 0.5) is 10.2 Å². The summed E-state index contributed by atoms with van der Waals surface area (Å²) < 4.78 is 22.4. The second-order valence-corrected chi connectivity index (χ2v) is 8.13. The van der Waals surface area contributed by atoms with Crippen LogP contribution in [-0.2, 0) is 4.79 Å². The highest BCUT2D eigenvalue weighted by Crippen LogP contribution is 2.25. The van der Waals surface area contributed by atoms with Crippen LogP contribution in [0.15, 0.2) is 61.1 Å². The summed E-state index contributed by atoms with van der Waals surface area (Å²) in [4.78, 5) is 21.4. The zero-order valence-corrected chi connectivity index (χ0v) is 19.4. The van der Waals surface area contributed by atoms with Gasteiger partial charge in [0.05, 0.1) is 23.0 Å². The quantitative estimate of drug-likeness (QED) is 0.401. The molecule has 35 heavy (non-hydrogen) atoms. The molecule has 1 N–H and O–H groups in total. The number of anilines is 1. The molecule has 0 saturated heterocycles. The molecule has 0 aliphatic heterocycles. The van der Waals surface area contributed by atoms with Gasteiger partial charge in [0.2, 0.25) is 0 Å². The molecule has 9 nitrogen and oxygen atoms in total. The monoisotopic (exact) mass is 471 g/mol. The largest absolute Gasteiger partial charge is 0.481 e. The number of fused-ring (bicyclic) bond motifs is 1. The number of halogens is 1. The van der Waals surface area contributed by atoms with Gasteiger partial charge in [-0.25, -0.2) is 19.0 Å². The first kappa shape index (κ1) is 22.2. The molecule has 0 aliphatic carbocycles. The van der Waals surface area contributed by atoms with Crippen LogP contribution in [-0.4, -0.2) is 42.0 Å². The number of rotatable bonds is 6. The van der Waals surface area contributed by atoms with Gasteiger partial charge in [-0.05, 0) is 44.5 Å². The first-order valence-electron chi connectivity index (χ1n) is 10.9. The summed E-state index contributed by atoms with van der Waals surface area (Å²) in [7, 11) is 0. The molecule has 2 aromatic carbocycles. The summed E-state index contributed by atoms with van der Waals surface area (Å²) in [5.41, 5.74) is 4.40. The minimum absolute atomic E-state index is 0.00339. The summed E-state index contributed by atoms with van der Waals surface area (Å²) >= 11 is 0. The first-order valence-corrected chi connectivity index (χ1v) is 10.9. The number of carbonyl (C=O) groups excluding carboxylic acids is 1. The average Bonchev–Trinajstić information content (AvgIpc) is 3.42. The standard InChI is InChI=1S/C25H22FN7O2/c1-15-8-9-20(16(2)10-15)32-24-18(12-29-32)25(28-14-27-24)33-22(11-17(3)31-33)30-23(34)13-35-21-7-5-4-6-19(21)26/h4-12,14H,13H2,1-3H3,(H,30,34). The number of aryl methyl sites for hydroxylation is 3. The molecule has 10 heteroatoms. The first-order chi connectivity index (χ1) is 16.9. The summed E-state index contributed by atoms with van der Waals surface area (Å²) in [6.07, 6.45) is 3.11. The van der Waals surface area contributed by atoms with E-state index >= 15 is 0 Å². The Morgan fingerprint density at radius 2 is 1.89 bits per heavy atom. The van der Waals surface area contributed by atoms with Crippen molar-refractivity contribution in [1.29, 1.82) is 0 Å². The fraction of sp³-hybridized carbons (Fsp3) is 0.160. The lowest BCUT2D eigenvalue weighted by Gasteiger charge is -2.11. The molecular formula is C25H22FN7O2. The lowest BCUT2D eigenvalue weighted by Crippen LogP contribution is -2.22. The van der Waals surface area contributed by atoms with Crippen LogP contribution < -0.4 is 10.1 Å². The number of ether oxygens (including phenoxy) is 1. The van der Waals surface area contributed by atoms with E-state index in [4.69, 9.17) is 4.74 Å². The van der Waals surface area contributed by atoms with E-state index in [0.29, 0.717) is 28.4 Å². The fourth-order valence-corrected chi connectivity index (χ4v) is 3.85. The number of carbonyl (C=O) groups is 1. The number of hydrogen-bond acceptors (Lipinski definition) is 6. The van der Waals surface area contributed by atoms with Crippen LogP contribution in [0.3, 0.4) is 0 Å². The molecule has 5 aromatic rings. The fourth-order valence-electron chi connectivity index (χ4n) is 3.85. The Bertz CT molecular complexity index is 1560. The van der Waals surface area contributed by atoms with Crippen molar-refractivity contribution in [3.05, 3.63) is 83.7 Å². The van der Waals surface area contributed by atoms with E-state index in [-0.39, 0.29) is 12.4 Å². The molecule has 0 radical (unpaired) electrons. The maximum absolute atomic E-state index is 13.8. The van der Waals surface area contributed by atoms with E-state index in [1.165, 1.54) is 23.1 Å². The molecule has 1 amide bonds. The molecule has 176 valence electrons. The van der Waals surface area contributed by atoms with Crippen molar-refractivity contribution in [3.8, 4) is 17.3 Å². The molecule has 3 aromatic heterocycles. The zero-order valence-electron chi connectivity index (χ0n) is 19.4. The van der Waals surface area contributed by atoms with Crippen LogP contribution in [0.2, 0.25) is 0 Å². The Labute approximate surface area is 200 Å². The average molecular weight is 471 g/mol. The molecule has 5 rings (SSSR count). The molecule has 0 fully saturated rings. The maximum Gasteiger partial charge on any atom is 0.263 e. The van der Waals surface area contributed by atoms with Gasteiger partial charge in [0, 0.05) is 6.07 Å². The van der Waals surface area contributed by atoms with E-state index < -0.39 is 11.7 Å². The van der Waals surface area contributed by atoms with Gasteiger partial charge in [0.15, 0.2) is 29.6 Å². The van der Waals surface area contributed by atoms with Crippen molar-refractivity contribution in [2.24, 2.45) is 0 Å². The molecule has 0 atom stereocenters. The number of aromatic nitrogens is 6. The van der Waals surface area contributed by atoms with Crippen LogP contribution in [0.5, 0.6) is 5.75 Å². The molecule has 0 spiro atoms. The minimum Gasteiger partial charge on any atom is -0.481 e. The van der Waals surface area contributed by atoms with Crippen molar-refractivity contribution in [2.75, 3.05) is 11.9 Å². The van der Waals surface area contributed by atoms with Crippen LogP contribution in [0.25, 0.3) is 22.5 Å². The highest BCUT2D eigenvalue weighted by Gasteiger charge is 2.18. The molecule has 0 saturated carbocycles. The predicted molar refractivity (Wildman–Crippen MR) is 129 cm³/mol. The number of nitrogens with zero attached hydrogens (tertiary/aromatic N) is 6. The summed E-state index contributed by atoms with van der Waals surface area (Å²) in [6.45, 7) is 5.50. The van der Waals surface area contributed by atoms with E-state index in [2.05, 4.69) is 31.5 Å². The second-order valence-electron chi connectivity index (χ2n) is 8.13. The van der Waals surface area contributed by atoms with Gasteiger partial charge < -0.3 is 10.1 Å². The molecule has 0 bridgehead atoms. The minimum atomic E-state index is -0.537. The van der Waals surface area contributed by atoms with E-state index in [1.807, 2.05) is 26.0 Å². The normalized spacial score (nSPS) is 11.1. The SMILES string of the molecule is Cc1ccc(-n2ncc3c(-n4nc(C)cc4NC(=O)COc4ccccc4F)ncnc32)c(C)c1. The van der Waals surface area contributed by atoms with E-state index in [9.17, 15) is 9.18 Å². The molecular weight excluding hydrogens is 449 g/mol. The third kappa shape index (κ3) is 4.33. The van der Waals surface area contributed by atoms with E-state index in [1.54, 1.807) is 36.0 Å². The Morgan fingerprint density at radius 1 is 1.06 bits per heavy atom. The Balaban J connectivity index is 1.45. The van der Waals surface area contributed by atoms with Gasteiger partial charge in [-0.15, -0.1) is 0 Å². The van der Waals surface area contributed by atoms with Gasteiger partial charge in [0.1, 0.15) is 12.1 Å². The zero-order chi connectivity index (χ0) is 24.5. The van der Waals surface area contributed by atoms with Crippen molar-refractivity contribution < 1.29 is 13.9 Å². The Hall–Kier alpha value is -4.60. The number of amides is 1. The second kappa shape index (κ2) is 8.98. The van der Waals surface area contributed by atoms with Crippen LogP contribution in [0.1, 0.15) is 16.8 Å². The summed E-state index contributed by atoms with van der Waals surface area (Å²) in [5.74, 6) is -0.145. The summed E-state index contributed by atoms with van der Waals surface area (Å²) in [6, 6.07) is 13.7. The Kier molecular flexibility index (Phi) is 5.69. The number of para-hydroxylation sites is 1. The third-order valence-electron chi connectivity index (χ3n) is 5.42. The van der Waals surface area contributed by atoms with Gasteiger partial charge in [-0.2, -0.15) is 14.9 Å². The molecule has 0 unspecified atom stereocenters. The van der Waals surface area contributed by atoms with Crippen molar-refractivity contribution in [2.45, 2.75) is 20.8 Å². The smallest absolute Gasteiger partial charge is 0.263 e. The number of nitrogens with one attached hydrogen (secondary N) is 1. The highest BCUT2D eigenvalue weighted by molar-refractivity contribution is 5.92. The van der Waals surface area contributed by atoms with E-state index in [0.717, 1.165) is 16.8 Å². The number of benzene rings is 2. The van der Waals surface area contributed by atoms with Gasteiger partial charge in [-0.1, -0.05) is 29.8 Å². The summed E-state index contributed by atoms with van der Waals surface area (Å²) in [5, 5.41) is 12.5. The van der Waals surface area contributed by atoms with Crippen molar-refractivity contribution in [3.63, 3.8) is 0 Å². The van der Waals surface area contributed by atoms with Crippen LogP contribution in [0, 0.1) is 26.6 Å². The lowest BCUT2D eigenvalue weighted by molar-refractivity contribution is -0.118. The maximum atomic E-state index is 13.8. The van der Waals surface area contributed by atoms with Crippen molar-refractivity contribution >= 4 is 22.8 Å². The van der Waals surface area contributed by atoms with Gasteiger partial charge in [-0.3, -0.25) is 4.79 Å².